The maximum atomic E-state index is 10.5. The number of thioether (sulfide) groups is 1. The number of nitrogens with zero attached hydrogens (tertiary/aromatic N) is 3. The molecule has 0 aromatic carbocycles. The van der Waals surface area contributed by atoms with Gasteiger partial charge < -0.3 is 0 Å². The van der Waals surface area contributed by atoms with E-state index in [1.54, 1.807) is 29.0 Å². The molecule has 0 bridgehead atoms. The van der Waals surface area contributed by atoms with Gasteiger partial charge in [0.05, 0.1) is 5.75 Å². The van der Waals surface area contributed by atoms with Gasteiger partial charge in [-0.05, 0) is 12.1 Å². The Bertz CT molecular complexity index is 599. The van der Waals surface area contributed by atoms with Gasteiger partial charge >= 0.3 is 29.6 Å². The molecule has 0 amide bonds. The van der Waals surface area contributed by atoms with Crippen LogP contribution in [0.2, 0.25) is 0 Å². The molecule has 0 unspecified atom stereocenters. The van der Waals surface area contributed by atoms with Gasteiger partial charge in [0, 0.05) is 18.1 Å². The van der Waals surface area contributed by atoms with Crippen molar-refractivity contribution in [1.29, 1.82) is 0 Å². The maximum absolute atomic E-state index is 10.5. The van der Waals surface area contributed by atoms with Crippen molar-refractivity contribution in [3.63, 3.8) is 0 Å². The first kappa shape index (κ1) is 14.9. The fourth-order valence-corrected chi connectivity index (χ4v) is 2.82. The molecule has 2 heterocycles. The summed E-state index contributed by atoms with van der Waals surface area (Å²) in [5.41, 5.74) is 0.735. The van der Waals surface area contributed by atoms with Crippen LogP contribution in [0.1, 0.15) is 0 Å². The molecule has 6 nitrogen and oxygen atoms in total. The second-order valence-corrected chi connectivity index (χ2v) is 5.72. The van der Waals surface area contributed by atoms with E-state index in [0.717, 1.165) is 5.65 Å². The fourth-order valence-electron chi connectivity index (χ4n) is 1.13. The summed E-state index contributed by atoms with van der Waals surface area (Å²) in [7, 11) is -3.89. The molecule has 2 aromatic rings. The van der Waals surface area contributed by atoms with Crippen molar-refractivity contribution >= 4 is 57.1 Å². The van der Waals surface area contributed by atoms with E-state index in [2.05, 4.69) is 10.1 Å². The third kappa shape index (κ3) is 4.57. The molecule has 0 aliphatic carbocycles. The van der Waals surface area contributed by atoms with Gasteiger partial charge in [-0.25, -0.2) is 9.50 Å². The monoisotopic (exact) mass is 283 g/mol. The Balaban J connectivity index is 0.00000144. The zero-order chi connectivity index (χ0) is 11.6. The van der Waals surface area contributed by atoms with Gasteiger partial charge in [0.1, 0.15) is 5.03 Å². The molecule has 0 saturated carbocycles. The van der Waals surface area contributed by atoms with Crippen LogP contribution in [0.4, 0.5) is 0 Å². The number of rotatable bonds is 4. The van der Waals surface area contributed by atoms with Gasteiger partial charge in [-0.2, -0.15) is 13.5 Å². The van der Waals surface area contributed by atoms with E-state index in [0.29, 0.717) is 5.03 Å². The summed E-state index contributed by atoms with van der Waals surface area (Å²) in [6.07, 6.45) is 3.34. The number of hydrogen-bond donors (Lipinski definition) is 1. The Labute approximate surface area is 125 Å². The molecule has 2 aromatic heterocycles. The van der Waals surface area contributed by atoms with Crippen LogP contribution in [0.15, 0.2) is 29.6 Å². The van der Waals surface area contributed by atoms with E-state index in [9.17, 15) is 8.42 Å². The predicted molar refractivity (Wildman–Crippen MR) is 67.3 cm³/mol. The van der Waals surface area contributed by atoms with E-state index < -0.39 is 10.1 Å². The van der Waals surface area contributed by atoms with E-state index in [-0.39, 0.29) is 41.1 Å². The number of aromatic nitrogens is 3. The summed E-state index contributed by atoms with van der Waals surface area (Å²) in [6.45, 7) is 0. The summed E-state index contributed by atoms with van der Waals surface area (Å²) in [5, 5.41) is 4.88. The van der Waals surface area contributed by atoms with Crippen LogP contribution in [-0.4, -0.2) is 68.6 Å². The van der Waals surface area contributed by atoms with Crippen molar-refractivity contribution < 1.29 is 13.0 Å². The van der Waals surface area contributed by atoms with E-state index in [1.807, 2.05) is 0 Å². The zero-order valence-corrected chi connectivity index (χ0v) is 9.78. The van der Waals surface area contributed by atoms with Gasteiger partial charge in [-0.1, -0.05) is 0 Å². The Kier molecular flexibility index (Phi) is 5.42. The third-order valence-corrected chi connectivity index (χ3v) is 3.72. The van der Waals surface area contributed by atoms with Gasteiger partial charge in [-0.15, -0.1) is 11.8 Å². The Morgan fingerprint density at radius 2 is 2.18 bits per heavy atom. The number of imidazole rings is 1. The quantitative estimate of drug-likeness (QED) is 0.485. The Morgan fingerprint density at radius 3 is 2.88 bits per heavy atom. The van der Waals surface area contributed by atoms with E-state index >= 15 is 0 Å². The van der Waals surface area contributed by atoms with Gasteiger partial charge in [0.2, 0.25) is 0 Å². The van der Waals surface area contributed by atoms with Gasteiger partial charge in [-0.3, -0.25) is 4.55 Å². The summed E-state index contributed by atoms with van der Waals surface area (Å²) in [5.74, 6) is -0.00660. The average molecular weight is 283 g/mol. The van der Waals surface area contributed by atoms with Crippen molar-refractivity contribution in [2.75, 3.05) is 11.5 Å². The molecule has 0 atom stereocenters. The second kappa shape index (κ2) is 6.17. The molecule has 0 aliphatic heterocycles. The van der Waals surface area contributed by atoms with Crippen molar-refractivity contribution in [3.8, 4) is 0 Å². The Hall–Kier alpha value is -0.120. The molecule has 17 heavy (non-hydrogen) atoms. The molecule has 2 rings (SSSR count). The summed E-state index contributed by atoms with van der Waals surface area (Å²) >= 11 is 1.27. The molecule has 0 spiro atoms. The van der Waals surface area contributed by atoms with Crippen LogP contribution in [0.3, 0.4) is 0 Å². The molecule has 0 fully saturated rings. The van der Waals surface area contributed by atoms with Gasteiger partial charge in [0.25, 0.3) is 10.1 Å². The van der Waals surface area contributed by atoms with E-state index in [1.165, 1.54) is 11.8 Å². The topological polar surface area (TPSA) is 84.6 Å². The van der Waals surface area contributed by atoms with Crippen LogP contribution in [0.5, 0.6) is 0 Å². The minimum absolute atomic E-state index is 0. The van der Waals surface area contributed by atoms with Crippen LogP contribution in [0, 0.1) is 0 Å². The van der Waals surface area contributed by atoms with Crippen LogP contribution in [0.25, 0.3) is 5.65 Å². The first-order chi connectivity index (χ1) is 7.54. The van der Waals surface area contributed by atoms with E-state index in [4.69, 9.17) is 4.55 Å². The normalized spacial score (nSPS) is 11.4. The first-order valence-electron chi connectivity index (χ1n) is 4.43. The third-order valence-electron chi connectivity index (χ3n) is 1.82. The fraction of sp³-hybridized carbons (Fsp3) is 0.250. The molecule has 0 radical (unpaired) electrons. The van der Waals surface area contributed by atoms with Crippen LogP contribution < -0.4 is 0 Å². The molecular weight excluding hydrogens is 273 g/mol. The van der Waals surface area contributed by atoms with Crippen molar-refractivity contribution in [2.45, 2.75) is 5.03 Å². The Morgan fingerprint density at radius 1 is 1.41 bits per heavy atom. The molecular formula is C8H10N3NaO3S2. The summed E-state index contributed by atoms with van der Waals surface area (Å²) < 4.78 is 31.2. The standard InChI is InChI=1S/C8H9N3O3S2.Na.H/c12-16(13,14)6-5-15-8-2-1-7-9-3-4-11(7)10-8;;/h1-4H,5-6H2,(H,12,13,14);;. The van der Waals surface area contributed by atoms with Crippen LogP contribution in [-0.2, 0) is 10.1 Å². The second-order valence-electron chi connectivity index (χ2n) is 3.04. The van der Waals surface area contributed by atoms with Crippen molar-refractivity contribution in [1.82, 2.24) is 14.6 Å². The minimum atomic E-state index is -3.89. The molecule has 0 aliphatic rings. The first-order valence-corrected chi connectivity index (χ1v) is 7.02. The average Bonchev–Trinajstić information content (AvgIpc) is 2.62. The summed E-state index contributed by atoms with van der Waals surface area (Å²) in [4.78, 5) is 4.03. The molecule has 1 N–H and O–H groups in total. The molecule has 0 saturated heterocycles. The van der Waals surface area contributed by atoms with Crippen molar-refractivity contribution in [3.05, 3.63) is 24.5 Å². The van der Waals surface area contributed by atoms with Crippen LogP contribution >= 0.6 is 11.8 Å². The predicted octanol–water partition coefficient (Wildman–Crippen LogP) is 0.0607. The van der Waals surface area contributed by atoms with Gasteiger partial charge in [0.15, 0.2) is 5.65 Å². The molecule has 9 heteroatoms. The SMILES string of the molecule is O=S(=O)(O)CCSc1ccc2nccn2n1.[NaH]. The zero-order valence-electron chi connectivity index (χ0n) is 8.15. The number of fused-ring (bicyclic) bond motifs is 1. The van der Waals surface area contributed by atoms with Crippen molar-refractivity contribution in [2.24, 2.45) is 0 Å². The molecule has 88 valence electrons. The number of hydrogen-bond acceptors (Lipinski definition) is 5. The summed E-state index contributed by atoms with van der Waals surface area (Å²) in [6, 6.07) is 3.56.